The van der Waals surface area contributed by atoms with Gasteiger partial charge in [0.25, 0.3) is 11.8 Å². The number of benzene rings is 3. The van der Waals surface area contributed by atoms with E-state index in [-0.39, 0.29) is 47.8 Å². The Morgan fingerprint density at radius 1 is 1.11 bits per heavy atom. The molecule has 0 aliphatic carbocycles. The number of fused-ring (bicyclic) bond motifs is 2. The van der Waals surface area contributed by atoms with Crippen molar-refractivity contribution in [2.24, 2.45) is 0 Å². The summed E-state index contributed by atoms with van der Waals surface area (Å²) in [6, 6.07) is 15.8. The molecule has 1 aliphatic heterocycles. The fraction of sp³-hybridized carbons (Fsp3) is 0.143. The van der Waals surface area contributed by atoms with Gasteiger partial charge >= 0.3 is 5.97 Å². The van der Waals surface area contributed by atoms with Gasteiger partial charge in [0.15, 0.2) is 5.75 Å². The van der Waals surface area contributed by atoms with Crippen LogP contribution in [0.1, 0.15) is 47.8 Å². The zero-order valence-electron chi connectivity index (χ0n) is 19.8. The van der Waals surface area contributed by atoms with Crippen LogP contribution in [0.5, 0.6) is 5.75 Å². The average molecular weight is 499 g/mol. The van der Waals surface area contributed by atoms with Crippen LogP contribution >= 0.6 is 0 Å². The molecule has 9 heteroatoms. The predicted octanol–water partition coefficient (Wildman–Crippen LogP) is 3.95. The van der Waals surface area contributed by atoms with Crippen LogP contribution in [0, 0.1) is 5.82 Å². The predicted molar refractivity (Wildman–Crippen MR) is 132 cm³/mol. The highest BCUT2D eigenvalue weighted by Crippen LogP contribution is 2.40. The van der Waals surface area contributed by atoms with Crippen LogP contribution in [0.15, 0.2) is 66.9 Å². The van der Waals surface area contributed by atoms with E-state index in [0.717, 1.165) is 0 Å². The molecule has 2 amide bonds. The van der Waals surface area contributed by atoms with Gasteiger partial charge < -0.3 is 20.1 Å². The fourth-order valence-corrected chi connectivity index (χ4v) is 4.55. The molecule has 0 unspecified atom stereocenters. The zero-order valence-corrected chi connectivity index (χ0v) is 19.8. The smallest absolute Gasteiger partial charge is 0.337 e. The van der Waals surface area contributed by atoms with Gasteiger partial charge in [-0.25, -0.2) is 9.18 Å². The van der Waals surface area contributed by atoms with E-state index in [4.69, 9.17) is 4.74 Å². The van der Waals surface area contributed by atoms with Crippen molar-refractivity contribution in [3.05, 3.63) is 106 Å². The second-order valence-corrected chi connectivity index (χ2v) is 8.64. The molecule has 0 atom stereocenters. The van der Waals surface area contributed by atoms with Gasteiger partial charge in [-0.15, -0.1) is 0 Å². The highest BCUT2D eigenvalue weighted by Gasteiger charge is 2.36. The van der Waals surface area contributed by atoms with Crippen LogP contribution in [-0.2, 0) is 24.4 Å². The summed E-state index contributed by atoms with van der Waals surface area (Å²) in [5, 5.41) is 14.2. The van der Waals surface area contributed by atoms with E-state index in [2.05, 4.69) is 10.3 Å². The van der Waals surface area contributed by atoms with Crippen molar-refractivity contribution in [2.75, 3.05) is 7.11 Å². The highest BCUT2D eigenvalue weighted by atomic mass is 19.1. The zero-order chi connectivity index (χ0) is 26.1. The van der Waals surface area contributed by atoms with E-state index >= 15 is 0 Å². The Hall–Kier alpha value is -4.79. The lowest BCUT2D eigenvalue weighted by atomic mass is 9.96. The van der Waals surface area contributed by atoms with Gasteiger partial charge in [0.1, 0.15) is 11.3 Å². The Morgan fingerprint density at radius 2 is 1.89 bits per heavy atom. The highest BCUT2D eigenvalue weighted by molar-refractivity contribution is 6.15. The molecule has 186 valence electrons. The standard InChI is InChI=1S/C28H22FN3O5/c1-37-28(36)18-5-2-4-17(12-18)13-31-26(34)22-20-6-3-11-30-24(20)25(33)23-21(22)15-32(27(23)35)14-16-7-9-19(29)10-8-16/h2-12,33H,13-15H2,1H3,(H,31,34). The summed E-state index contributed by atoms with van der Waals surface area (Å²) < 4.78 is 18.1. The minimum absolute atomic E-state index is 0.0335. The molecule has 3 aromatic carbocycles. The third-order valence-corrected chi connectivity index (χ3v) is 6.31. The van der Waals surface area contributed by atoms with Crippen molar-refractivity contribution in [3.8, 4) is 5.75 Å². The first kappa shape index (κ1) is 23.9. The van der Waals surface area contributed by atoms with Gasteiger partial charge in [-0.05, 0) is 41.5 Å². The number of aromatic nitrogens is 1. The largest absolute Gasteiger partial charge is 0.505 e. The SMILES string of the molecule is COC(=O)c1cccc(CNC(=O)c2c3c(c(O)c4ncccc24)C(=O)N(Cc2ccc(F)cc2)C3)c1. The monoisotopic (exact) mass is 499 g/mol. The van der Waals surface area contributed by atoms with Crippen molar-refractivity contribution in [1.82, 2.24) is 15.2 Å². The number of phenols is 1. The van der Waals surface area contributed by atoms with E-state index in [9.17, 15) is 23.9 Å². The Labute approximate surface area is 211 Å². The number of hydrogen-bond donors (Lipinski definition) is 2. The van der Waals surface area contributed by atoms with E-state index in [1.165, 1.54) is 30.3 Å². The molecule has 8 nitrogen and oxygen atoms in total. The molecule has 0 radical (unpaired) electrons. The van der Waals surface area contributed by atoms with E-state index < -0.39 is 17.8 Å². The number of carbonyl (C=O) groups is 3. The van der Waals surface area contributed by atoms with Gasteiger partial charge in [-0.1, -0.05) is 30.3 Å². The van der Waals surface area contributed by atoms with Crippen LogP contribution in [0.4, 0.5) is 4.39 Å². The van der Waals surface area contributed by atoms with Crippen molar-refractivity contribution in [1.29, 1.82) is 0 Å². The molecule has 0 fully saturated rings. The lowest BCUT2D eigenvalue weighted by molar-refractivity contribution is 0.0600. The maximum absolute atomic E-state index is 13.5. The summed E-state index contributed by atoms with van der Waals surface area (Å²) in [7, 11) is 1.29. The first-order valence-corrected chi connectivity index (χ1v) is 11.5. The summed E-state index contributed by atoms with van der Waals surface area (Å²) >= 11 is 0. The molecule has 0 spiro atoms. The number of carbonyl (C=O) groups excluding carboxylic acids is 3. The molecule has 2 heterocycles. The van der Waals surface area contributed by atoms with E-state index in [1.54, 1.807) is 48.5 Å². The van der Waals surface area contributed by atoms with E-state index in [1.807, 2.05) is 0 Å². The number of rotatable bonds is 6. The van der Waals surface area contributed by atoms with Gasteiger partial charge in [0, 0.05) is 36.8 Å². The molecule has 1 aromatic heterocycles. The first-order chi connectivity index (χ1) is 17.9. The fourth-order valence-electron chi connectivity index (χ4n) is 4.55. The summed E-state index contributed by atoms with van der Waals surface area (Å²) in [5.41, 5.74) is 2.57. The number of esters is 1. The molecule has 2 N–H and O–H groups in total. The number of aromatic hydroxyl groups is 1. The number of methoxy groups -OCH3 is 1. The number of hydrogen-bond acceptors (Lipinski definition) is 6. The number of ether oxygens (including phenoxy) is 1. The Bertz CT molecular complexity index is 1550. The van der Waals surface area contributed by atoms with Crippen molar-refractivity contribution >= 4 is 28.7 Å². The summed E-state index contributed by atoms with van der Waals surface area (Å²) in [6.45, 7) is 0.386. The minimum atomic E-state index is -0.485. The topological polar surface area (TPSA) is 109 Å². The molecule has 0 saturated heterocycles. The van der Waals surface area contributed by atoms with Crippen molar-refractivity contribution in [3.63, 3.8) is 0 Å². The molecule has 5 rings (SSSR count). The third-order valence-electron chi connectivity index (χ3n) is 6.31. The average Bonchev–Trinajstić information content (AvgIpc) is 3.24. The Balaban J connectivity index is 1.49. The number of nitrogens with one attached hydrogen (secondary N) is 1. The summed E-state index contributed by atoms with van der Waals surface area (Å²) in [4.78, 5) is 44.4. The van der Waals surface area contributed by atoms with Crippen LogP contribution in [-0.4, -0.2) is 39.9 Å². The molecular weight excluding hydrogens is 477 g/mol. The molecule has 1 aliphatic rings. The maximum atomic E-state index is 13.5. The molecular formula is C28H22FN3O5. The van der Waals surface area contributed by atoms with Gasteiger partial charge in [0.05, 0.1) is 23.8 Å². The molecule has 0 saturated carbocycles. The number of halogens is 1. The second-order valence-electron chi connectivity index (χ2n) is 8.64. The number of pyridine rings is 1. The van der Waals surface area contributed by atoms with Crippen LogP contribution < -0.4 is 5.32 Å². The van der Waals surface area contributed by atoms with Gasteiger partial charge in [-0.2, -0.15) is 0 Å². The van der Waals surface area contributed by atoms with Gasteiger partial charge in [-0.3, -0.25) is 14.6 Å². The first-order valence-electron chi connectivity index (χ1n) is 11.5. The van der Waals surface area contributed by atoms with Crippen LogP contribution in [0.25, 0.3) is 10.9 Å². The molecule has 0 bridgehead atoms. The maximum Gasteiger partial charge on any atom is 0.337 e. The lowest BCUT2D eigenvalue weighted by Crippen LogP contribution is -2.25. The van der Waals surface area contributed by atoms with Crippen molar-refractivity contribution in [2.45, 2.75) is 19.6 Å². The number of phenolic OH excluding ortho intramolecular Hbond substituents is 1. The van der Waals surface area contributed by atoms with Crippen molar-refractivity contribution < 1.29 is 28.6 Å². The molecule has 37 heavy (non-hydrogen) atoms. The third kappa shape index (κ3) is 4.47. The van der Waals surface area contributed by atoms with E-state index in [0.29, 0.717) is 27.6 Å². The quantitative estimate of drug-likeness (QED) is 0.389. The Kier molecular flexibility index (Phi) is 6.27. The molecule has 4 aromatic rings. The number of amides is 2. The van der Waals surface area contributed by atoms with Crippen LogP contribution in [0.2, 0.25) is 0 Å². The normalized spacial score (nSPS) is 12.5. The second kappa shape index (κ2) is 9.69. The number of nitrogens with zero attached hydrogens (tertiary/aromatic N) is 2. The Morgan fingerprint density at radius 3 is 2.65 bits per heavy atom. The van der Waals surface area contributed by atoms with Crippen LogP contribution in [0.3, 0.4) is 0 Å². The summed E-state index contributed by atoms with van der Waals surface area (Å²) in [5.74, 6) is -2.04. The lowest BCUT2D eigenvalue weighted by Gasteiger charge is -2.16. The van der Waals surface area contributed by atoms with Gasteiger partial charge in [0.2, 0.25) is 0 Å². The minimum Gasteiger partial charge on any atom is -0.505 e. The summed E-state index contributed by atoms with van der Waals surface area (Å²) in [6.07, 6.45) is 1.48.